The van der Waals surface area contributed by atoms with Crippen LogP contribution in [0.2, 0.25) is 0 Å². The molecule has 0 spiro atoms. The predicted molar refractivity (Wildman–Crippen MR) is 56.1 cm³/mol. The van der Waals surface area contributed by atoms with Gasteiger partial charge in [-0.2, -0.15) is 0 Å². The number of halogens is 4. The maximum Gasteiger partial charge on any atom is 0.142 e. The van der Waals surface area contributed by atoms with Crippen LogP contribution in [-0.2, 0) is 0 Å². The summed E-state index contributed by atoms with van der Waals surface area (Å²) in [6.07, 6.45) is 0. The number of aliphatic imine (C=N–C) groups is 1. The summed E-state index contributed by atoms with van der Waals surface area (Å²) in [4.78, 5) is 3.70. The number of alkyl halides is 1. The number of nitrogens with two attached hydrogens (primary N) is 1. The summed E-state index contributed by atoms with van der Waals surface area (Å²) in [5, 5.41) is 0. The molecule has 0 saturated carbocycles. The van der Waals surface area contributed by atoms with E-state index in [9.17, 15) is 8.78 Å². The van der Waals surface area contributed by atoms with Crippen LogP contribution in [0.4, 0.5) is 14.5 Å². The Morgan fingerprint density at radius 3 is 2.36 bits per heavy atom. The number of amidine groups is 1. The first kappa shape index (κ1) is 11.4. The van der Waals surface area contributed by atoms with Crippen LogP contribution in [0.15, 0.2) is 21.6 Å². The monoisotopic (exact) mass is 282 g/mol. The molecule has 1 aromatic rings. The third-order valence-electron chi connectivity index (χ3n) is 1.38. The van der Waals surface area contributed by atoms with E-state index in [4.69, 9.17) is 17.3 Å². The third-order valence-corrected chi connectivity index (χ3v) is 2.41. The summed E-state index contributed by atoms with van der Waals surface area (Å²) in [6.45, 7) is 0. The van der Waals surface area contributed by atoms with Crippen LogP contribution in [0.5, 0.6) is 0 Å². The van der Waals surface area contributed by atoms with Gasteiger partial charge >= 0.3 is 0 Å². The number of benzene rings is 1. The lowest BCUT2D eigenvalue weighted by atomic mass is 10.3. The molecular formula is C8H6BrClF2N2. The molecule has 0 bridgehead atoms. The first-order valence-corrected chi connectivity index (χ1v) is 4.91. The molecule has 6 heteroatoms. The molecule has 0 amide bonds. The van der Waals surface area contributed by atoms with Crippen molar-refractivity contribution < 1.29 is 8.78 Å². The molecule has 0 unspecified atom stereocenters. The summed E-state index contributed by atoms with van der Waals surface area (Å²) in [6, 6.07) is 2.12. The van der Waals surface area contributed by atoms with Gasteiger partial charge in [-0.25, -0.2) is 13.8 Å². The van der Waals surface area contributed by atoms with E-state index in [1.165, 1.54) is 0 Å². The molecule has 0 aliphatic heterocycles. The summed E-state index contributed by atoms with van der Waals surface area (Å²) in [5.74, 6) is -1.34. The first-order chi connectivity index (χ1) is 6.54. The van der Waals surface area contributed by atoms with E-state index < -0.39 is 11.6 Å². The van der Waals surface area contributed by atoms with Crippen LogP contribution in [-0.4, -0.2) is 11.7 Å². The molecule has 0 saturated heterocycles. The van der Waals surface area contributed by atoms with Crippen LogP contribution in [0, 0.1) is 11.6 Å². The lowest BCUT2D eigenvalue weighted by Crippen LogP contribution is -2.12. The zero-order chi connectivity index (χ0) is 10.7. The fraction of sp³-hybridized carbons (Fsp3) is 0.125. The highest BCUT2D eigenvalue weighted by Gasteiger charge is 2.07. The molecule has 0 aromatic heterocycles. The second-order valence-corrected chi connectivity index (χ2v) is 3.52. The Hall–Kier alpha value is -0.680. The number of hydrogen-bond donors (Lipinski definition) is 1. The van der Waals surface area contributed by atoms with Crippen molar-refractivity contribution in [3.63, 3.8) is 0 Å². The minimum absolute atomic E-state index is 0.0132. The largest absolute Gasteiger partial charge is 0.386 e. The van der Waals surface area contributed by atoms with Gasteiger partial charge in [-0.15, -0.1) is 11.6 Å². The summed E-state index contributed by atoms with van der Waals surface area (Å²) in [7, 11) is 0. The van der Waals surface area contributed by atoms with Crippen molar-refractivity contribution in [2.45, 2.75) is 0 Å². The number of hydrogen-bond acceptors (Lipinski definition) is 1. The van der Waals surface area contributed by atoms with E-state index >= 15 is 0 Å². The molecule has 0 heterocycles. The Morgan fingerprint density at radius 1 is 1.43 bits per heavy atom. The van der Waals surface area contributed by atoms with Gasteiger partial charge in [0.1, 0.15) is 17.5 Å². The first-order valence-electron chi connectivity index (χ1n) is 3.58. The predicted octanol–water partition coefficient (Wildman–Crippen LogP) is 2.95. The minimum atomic E-state index is -0.730. The fourth-order valence-electron chi connectivity index (χ4n) is 0.802. The van der Waals surface area contributed by atoms with Crippen LogP contribution in [0.1, 0.15) is 0 Å². The highest BCUT2D eigenvalue weighted by atomic mass is 79.9. The zero-order valence-corrected chi connectivity index (χ0v) is 9.24. The fourth-order valence-corrected chi connectivity index (χ4v) is 1.09. The maximum atomic E-state index is 13.0. The second-order valence-electron chi connectivity index (χ2n) is 2.46. The lowest BCUT2D eigenvalue weighted by molar-refractivity contribution is 0.572. The Kier molecular flexibility index (Phi) is 3.83. The van der Waals surface area contributed by atoms with Gasteiger partial charge in [0, 0.05) is 12.1 Å². The molecule has 0 radical (unpaired) electrons. The van der Waals surface area contributed by atoms with Gasteiger partial charge in [0.2, 0.25) is 0 Å². The summed E-state index contributed by atoms with van der Waals surface area (Å²) in [5.41, 5.74) is 5.40. The van der Waals surface area contributed by atoms with Gasteiger partial charge in [-0.05, 0) is 15.9 Å². The number of rotatable bonds is 2. The molecule has 0 atom stereocenters. The Bertz CT molecular complexity index is 359. The van der Waals surface area contributed by atoms with Gasteiger partial charge in [0.15, 0.2) is 0 Å². The van der Waals surface area contributed by atoms with Crippen molar-refractivity contribution >= 4 is 39.1 Å². The van der Waals surface area contributed by atoms with E-state index in [2.05, 4.69) is 20.9 Å². The van der Waals surface area contributed by atoms with Gasteiger partial charge < -0.3 is 5.73 Å². The van der Waals surface area contributed by atoms with E-state index in [1.807, 2.05) is 0 Å². The Balaban J connectivity index is 3.13. The van der Waals surface area contributed by atoms with Crippen molar-refractivity contribution in [2.75, 3.05) is 5.88 Å². The van der Waals surface area contributed by atoms with Crippen molar-refractivity contribution in [3.05, 3.63) is 28.2 Å². The zero-order valence-electron chi connectivity index (χ0n) is 6.90. The van der Waals surface area contributed by atoms with E-state index in [0.29, 0.717) is 0 Å². The van der Waals surface area contributed by atoms with E-state index in [1.54, 1.807) is 0 Å². The standard InChI is InChI=1S/C8H6BrClF2N2/c9-8-5(11)1-4(2-6(8)12)14-7(13)3-10/h1-2H,3H2,(H2,13,14). The summed E-state index contributed by atoms with van der Waals surface area (Å²) < 4.78 is 25.7. The molecule has 0 aliphatic carbocycles. The molecular weight excluding hydrogens is 277 g/mol. The third kappa shape index (κ3) is 2.65. The smallest absolute Gasteiger partial charge is 0.142 e. The quantitative estimate of drug-likeness (QED) is 0.385. The van der Waals surface area contributed by atoms with Crippen LogP contribution >= 0.6 is 27.5 Å². The minimum Gasteiger partial charge on any atom is -0.386 e. The highest BCUT2D eigenvalue weighted by Crippen LogP contribution is 2.25. The molecule has 0 aliphatic rings. The topological polar surface area (TPSA) is 38.4 Å². The van der Waals surface area contributed by atoms with Gasteiger partial charge in [-0.3, -0.25) is 0 Å². The molecule has 14 heavy (non-hydrogen) atoms. The van der Waals surface area contributed by atoms with Crippen molar-refractivity contribution in [1.29, 1.82) is 0 Å². The SMILES string of the molecule is NC(CCl)=Nc1cc(F)c(Br)c(F)c1. The second kappa shape index (κ2) is 4.70. The molecule has 2 N–H and O–H groups in total. The van der Waals surface area contributed by atoms with Crippen LogP contribution in [0.3, 0.4) is 0 Å². The average Bonchev–Trinajstić information content (AvgIpc) is 2.14. The van der Waals surface area contributed by atoms with Crippen LogP contribution in [0.25, 0.3) is 0 Å². The van der Waals surface area contributed by atoms with Crippen molar-refractivity contribution in [2.24, 2.45) is 10.7 Å². The normalized spacial score (nSPS) is 11.9. The van der Waals surface area contributed by atoms with Crippen LogP contribution < -0.4 is 5.73 Å². The molecule has 1 rings (SSSR count). The van der Waals surface area contributed by atoms with Gasteiger partial charge in [0.05, 0.1) is 16.0 Å². The Morgan fingerprint density at radius 2 is 1.93 bits per heavy atom. The molecule has 2 nitrogen and oxygen atoms in total. The van der Waals surface area contributed by atoms with Crippen molar-refractivity contribution in [3.8, 4) is 0 Å². The molecule has 1 aromatic carbocycles. The van der Waals surface area contributed by atoms with Gasteiger partial charge in [0.25, 0.3) is 0 Å². The van der Waals surface area contributed by atoms with E-state index in [-0.39, 0.29) is 21.9 Å². The highest BCUT2D eigenvalue weighted by molar-refractivity contribution is 9.10. The molecule has 0 fully saturated rings. The van der Waals surface area contributed by atoms with E-state index in [0.717, 1.165) is 12.1 Å². The van der Waals surface area contributed by atoms with Crippen molar-refractivity contribution in [1.82, 2.24) is 0 Å². The summed E-state index contributed by atoms with van der Waals surface area (Å²) >= 11 is 8.10. The lowest BCUT2D eigenvalue weighted by Gasteiger charge is -2.00. The number of nitrogens with zero attached hydrogens (tertiary/aromatic N) is 1. The maximum absolute atomic E-state index is 13.0. The molecule has 76 valence electrons. The van der Waals surface area contributed by atoms with Gasteiger partial charge in [-0.1, -0.05) is 0 Å². The average molecular weight is 284 g/mol. The Labute approximate surface area is 92.9 Å².